The first-order valence-corrected chi connectivity index (χ1v) is 8.28. The fourth-order valence-corrected chi connectivity index (χ4v) is 2.66. The fourth-order valence-electron chi connectivity index (χ4n) is 2.38. The molecule has 0 saturated carbocycles. The number of alkyl halides is 2. The monoisotopic (exact) mass is 371 g/mol. The van der Waals surface area contributed by atoms with E-state index < -0.39 is 12.7 Å². The zero-order valence-corrected chi connectivity index (χ0v) is 14.8. The number of pyridine rings is 1. The van der Waals surface area contributed by atoms with Gasteiger partial charge in [-0.15, -0.1) is 0 Å². The lowest BCUT2D eigenvalue weighted by Crippen LogP contribution is -2.08. The third-order valence-electron chi connectivity index (χ3n) is 3.65. The standard InChI is InChI=1S/C18H20ClF2NO3/c1-3-6-24-17-7-12(4-5-16(17)25-18(20)21)15(23)8-13-11(2)9-22-10-14(13)19/h4-5,7,9-10,15,18,23H,3,6,8H2,1-2H3/t15-/m0/s1. The highest BCUT2D eigenvalue weighted by Crippen LogP contribution is 2.33. The second kappa shape index (κ2) is 8.97. The molecule has 2 aromatic rings. The molecule has 0 spiro atoms. The van der Waals surface area contributed by atoms with E-state index in [1.54, 1.807) is 6.20 Å². The molecule has 0 aliphatic carbocycles. The molecule has 1 aromatic heterocycles. The predicted molar refractivity (Wildman–Crippen MR) is 91.5 cm³/mol. The number of ether oxygens (including phenoxy) is 2. The van der Waals surface area contributed by atoms with Crippen LogP contribution in [0.1, 0.15) is 36.1 Å². The van der Waals surface area contributed by atoms with Gasteiger partial charge in [0.15, 0.2) is 11.5 Å². The first kappa shape index (κ1) is 19.4. The summed E-state index contributed by atoms with van der Waals surface area (Å²) in [4.78, 5) is 3.99. The number of aryl methyl sites for hydroxylation is 1. The minimum Gasteiger partial charge on any atom is -0.490 e. The van der Waals surface area contributed by atoms with E-state index in [9.17, 15) is 13.9 Å². The minimum atomic E-state index is -2.95. The number of nitrogens with zero attached hydrogens (tertiary/aromatic N) is 1. The number of aliphatic hydroxyl groups excluding tert-OH is 1. The number of aliphatic hydroxyl groups is 1. The Hall–Kier alpha value is -1.92. The van der Waals surface area contributed by atoms with Gasteiger partial charge in [0.2, 0.25) is 0 Å². The summed E-state index contributed by atoms with van der Waals surface area (Å²) in [6.07, 6.45) is 3.31. The molecule has 0 radical (unpaired) electrons. The van der Waals surface area contributed by atoms with Gasteiger partial charge in [-0.1, -0.05) is 24.6 Å². The zero-order chi connectivity index (χ0) is 18.4. The summed E-state index contributed by atoms with van der Waals surface area (Å²) in [6.45, 7) is 1.17. The van der Waals surface area contributed by atoms with E-state index in [4.69, 9.17) is 16.3 Å². The van der Waals surface area contributed by atoms with Crippen LogP contribution < -0.4 is 9.47 Å². The van der Waals surface area contributed by atoms with Crippen molar-refractivity contribution < 1.29 is 23.4 Å². The molecule has 0 bridgehead atoms. The Balaban J connectivity index is 2.25. The molecule has 2 rings (SSSR count). The van der Waals surface area contributed by atoms with Crippen molar-refractivity contribution in [2.45, 2.75) is 39.4 Å². The maximum atomic E-state index is 12.5. The van der Waals surface area contributed by atoms with Gasteiger partial charge in [0.05, 0.1) is 17.7 Å². The number of hydrogen-bond donors (Lipinski definition) is 1. The maximum Gasteiger partial charge on any atom is 0.387 e. The molecule has 7 heteroatoms. The summed E-state index contributed by atoms with van der Waals surface area (Å²) in [6, 6.07) is 4.42. The quantitative estimate of drug-likeness (QED) is 0.730. The summed E-state index contributed by atoms with van der Waals surface area (Å²) in [5.74, 6) is 0.119. The molecule has 1 N–H and O–H groups in total. The van der Waals surface area contributed by atoms with Crippen molar-refractivity contribution in [3.05, 3.63) is 52.3 Å². The van der Waals surface area contributed by atoms with Gasteiger partial charge in [-0.05, 0) is 42.2 Å². The third kappa shape index (κ3) is 5.28. The summed E-state index contributed by atoms with van der Waals surface area (Å²) < 4.78 is 35.0. The van der Waals surface area contributed by atoms with E-state index in [0.717, 1.165) is 11.1 Å². The molecule has 0 unspecified atom stereocenters. The summed E-state index contributed by atoms with van der Waals surface area (Å²) in [5, 5.41) is 11.0. The van der Waals surface area contributed by atoms with Crippen LogP contribution in [0.4, 0.5) is 8.78 Å². The van der Waals surface area contributed by atoms with Gasteiger partial charge in [-0.3, -0.25) is 4.98 Å². The highest BCUT2D eigenvalue weighted by Gasteiger charge is 2.17. The van der Waals surface area contributed by atoms with E-state index >= 15 is 0 Å². The van der Waals surface area contributed by atoms with Crippen molar-refractivity contribution in [1.29, 1.82) is 0 Å². The molecule has 0 aliphatic heterocycles. The Labute approximate surface area is 150 Å². The van der Waals surface area contributed by atoms with Crippen molar-refractivity contribution in [2.24, 2.45) is 0 Å². The fraction of sp³-hybridized carbons (Fsp3) is 0.389. The van der Waals surface area contributed by atoms with Gasteiger partial charge in [-0.2, -0.15) is 8.78 Å². The Morgan fingerprint density at radius 1 is 1.24 bits per heavy atom. The van der Waals surface area contributed by atoms with Crippen LogP contribution in [0.25, 0.3) is 0 Å². The van der Waals surface area contributed by atoms with Crippen molar-refractivity contribution in [1.82, 2.24) is 4.98 Å². The van der Waals surface area contributed by atoms with Crippen LogP contribution >= 0.6 is 11.6 Å². The first-order chi connectivity index (χ1) is 11.9. The van der Waals surface area contributed by atoms with Crippen LogP contribution in [-0.2, 0) is 6.42 Å². The third-order valence-corrected chi connectivity index (χ3v) is 3.97. The molecule has 0 fully saturated rings. The van der Waals surface area contributed by atoms with Gasteiger partial charge in [0.1, 0.15) is 0 Å². The summed E-state index contributed by atoms with van der Waals surface area (Å²) >= 11 is 6.14. The van der Waals surface area contributed by atoms with E-state index in [1.165, 1.54) is 24.4 Å². The number of hydrogen-bond acceptors (Lipinski definition) is 4. The lowest BCUT2D eigenvalue weighted by atomic mass is 9.99. The van der Waals surface area contributed by atoms with Crippen LogP contribution in [0.15, 0.2) is 30.6 Å². The number of halogens is 3. The summed E-state index contributed by atoms with van der Waals surface area (Å²) in [5.41, 5.74) is 2.18. The van der Waals surface area contributed by atoms with Crippen LogP contribution in [0.2, 0.25) is 5.02 Å². The van der Waals surface area contributed by atoms with Gasteiger partial charge >= 0.3 is 6.61 Å². The lowest BCUT2D eigenvalue weighted by molar-refractivity contribution is -0.0515. The molecular weight excluding hydrogens is 352 g/mol. The highest BCUT2D eigenvalue weighted by atomic mass is 35.5. The molecule has 0 aliphatic rings. The van der Waals surface area contributed by atoms with E-state index in [0.29, 0.717) is 23.6 Å². The Morgan fingerprint density at radius 3 is 2.64 bits per heavy atom. The maximum absolute atomic E-state index is 12.5. The smallest absolute Gasteiger partial charge is 0.387 e. The molecule has 4 nitrogen and oxygen atoms in total. The normalized spacial score (nSPS) is 12.3. The molecule has 25 heavy (non-hydrogen) atoms. The largest absolute Gasteiger partial charge is 0.490 e. The van der Waals surface area contributed by atoms with Crippen LogP contribution in [0, 0.1) is 6.92 Å². The molecule has 1 heterocycles. The molecule has 0 amide bonds. The number of rotatable bonds is 8. The molecule has 0 saturated heterocycles. The van der Waals surface area contributed by atoms with Crippen molar-refractivity contribution in [2.75, 3.05) is 6.61 Å². The second-order valence-corrected chi connectivity index (χ2v) is 5.98. The Kier molecular flexibility index (Phi) is 6.96. The molecule has 1 atom stereocenters. The number of benzene rings is 1. The van der Waals surface area contributed by atoms with E-state index in [2.05, 4.69) is 9.72 Å². The van der Waals surface area contributed by atoms with Gasteiger partial charge in [0, 0.05) is 18.8 Å². The van der Waals surface area contributed by atoms with Crippen LogP contribution in [-0.4, -0.2) is 23.3 Å². The Morgan fingerprint density at radius 2 is 2.00 bits per heavy atom. The van der Waals surface area contributed by atoms with Gasteiger partial charge in [-0.25, -0.2) is 0 Å². The zero-order valence-electron chi connectivity index (χ0n) is 14.0. The van der Waals surface area contributed by atoms with Gasteiger partial charge < -0.3 is 14.6 Å². The summed E-state index contributed by atoms with van der Waals surface area (Å²) in [7, 11) is 0. The predicted octanol–water partition coefficient (Wildman–Crippen LogP) is 4.71. The second-order valence-electron chi connectivity index (χ2n) is 5.57. The Bertz CT molecular complexity index is 692. The average molecular weight is 372 g/mol. The van der Waals surface area contributed by atoms with Crippen LogP contribution in [0.3, 0.4) is 0 Å². The first-order valence-electron chi connectivity index (χ1n) is 7.91. The molecule has 136 valence electrons. The SMILES string of the molecule is CCCOc1cc([C@@H](O)Cc2c(C)cncc2Cl)ccc1OC(F)F. The van der Waals surface area contributed by atoms with E-state index in [1.807, 2.05) is 13.8 Å². The lowest BCUT2D eigenvalue weighted by Gasteiger charge is -2.17. The van der Waals surface area contributed by atoms with Gasteiger partial charge in [0.25, 0.3) is 0 Å². The number of aromatic nitrogens is 1. The van der Waals surface area contributed by atoms with Crippen molar-refractivity contribution >= 4 is 11.6 Å². The molecule has 1 aromatic carbocycles. The van der Waals surface area contributed by atoms with Crippen LogP contribution in [0.5, 0.6) is 11.5 Å². The van der Waals surface area contributed by atoms with Crippen molar-refractivity contribution in [3.8, 4) is 11.5 Å². The topological polar surface area (TPSA) is 51.6 Å². The highest BCUT2D eigenvalue weighted by molar-refractivity contribution is 6.31. The minimum absolute atomic E-state index is 0.0578. The van der Waals surface area contributed by atoms with E-state index in [-0.39, 0.29) is 17.9 Å². The van der Waals surface area contributed by atoms with Crippen molar-refractivity contribution in [3.63, 3.8) is 0 Å². The molecular formula is C18H20ClF2NO3. The average Bonchev–Trinajstić information content (AvgIpc) is 2.56.